The molecule has 0 fully saturated rings. The van der Waals surface area contributed by atoms with E-state index in [4.69, 9.17) is 9.84 Å². The molecule has 0 heterocycles. The van der Waals surface area contributed by atoms with Crippen molar-refractivity contribution in [3.05, 3.63) is 36.0 Å². The molecule has 0 aromatic heterocycles. The van der Waals surface area contributed by atoms with Crippen LogP contribution in [0.25, 0.3) is 0 Å². The molecule has 0 aliphatic carbocycles. The van der Waals surface area contributed by atoms with Gasteiger partial charge in [0.1, 0.15) is 11.5 Å². The maximum Gasteiger partial charge on any atom is 0.422 e. The van der Waals surface area contributed by atoms with Crippen LogP contribution in [0.2, 0.25) is 0 Å². The lowest BCUT2D eigenvalue weighted by molar-refractivity contribution is -0.412. The fourth-order valence-corrected chi connectivity index (χ4v) is 1.50. The molecule has 0 saturated heterocycles. The molecule has 7 nitrogen and oxygen atoms in total. The molecule has 1 atom stereocenters. The Morgan fingerprint density at radius 2 is 2.29 bits per heavy atom. The van der Waals surface area contributed by atoms with Crippen molar-refractivity contribution in [2.24, 2.45) is 0 Å². The lowest BCUT2D eigenvalue weighted by Crippen LogP contribution is -2.87. The smallest absolute Gasteiger partial charge is 0.422 e. The van der Waals surface area contributed by atoms with Crippen LogP contribution in [0.5, 0.6) is 11.5 Å². The SMILES string of the molecule is CN/C=C\C([NH3+])=[NH+]C(=O)c1cc(O)cc(O[C@@H](C)C[OH2+])c1. The second-order valence-electron chi connectivity index (χ2n) is 4.45. The van der Waals surface area contributed by atoms with Crippen LogP contribution in [-0.4, -0.2) is 41.7 Å². The Bertz CT molecular complexity index is 555. The van der Waals surface area contributed by atoms with Crippen LogP contribution in [0.1, 0.15) is 17.3 Å². The number of hydrogen-bond donors (Lipinski definition) is 4. The Morgan fingerprint density at radius 3 is 2.90 bits per heavy atom. The standard InChI is InChI=1S/C14H19N3O4/c1-9(8-18)21-12-6-10(5-11(19)7-12)14(20)17-13(15)3-4-16-2/h3-7,9,16,18-19H,8H2,1-2H3,(H2,15,17,20)/p+3/b4-3-/t9-/m0/s1. The molecule has 7 heteroatoms. The molecule has 0 bridgehead atoms. The average Bonchev–Trinajstić information content (AvgIpc) is 2.44. The molecule has 8 N–H and O–H groups in total. The molecule has 0 spiro atoms. The second-order valence-corrected chi connectivity index (χ2v) is 4.45. The van der Waals surface area contributed by atoms with E-state index in [0.717, 1.165) is 0 Å². The van der Waals surface area contributed by atoms with Gasteiger partial charge in [-0.05, 0) is 19.1 Å². The largest absolute Gasteiger partial charge is 0.508 e. The van der Waals surface area contributed by atoms with E-state index >= 15 is 0 Å². The van der Waals surface area contributed by atoms with E-state index in [1.807, 2.05) is 0 Å². The first kappa shape index (κ1) is 16.7. The topological polar surface area (TPSA) is 123 Å². The summed E-state index contributed by atoms with van der Waals surface area (Å²) in [6.07, 6.45) is 2.92. The first-order chi connectivity index (χ1) is 9.96. The summed E-state index contributed by atoms with van der Waals surface area (Å²) in [5, 5.41) is 19.7. The average molecular weight is 296 g/mol. The zero-order valence-corrected chi connectivity index (χ0v) is 12.1. The Balaban J connectivity index is 2.97. The van der Waals surface area contributed by atoms with Gasteiger partial charge in [0.2, 0.25) is 0 Å². The highest BCUT2D eigenvalue weighted by atomic mass is 16.5. The lowest BCUT2D eigenvalue weighted by Gasteiger charge is -2.10. The monoisotopic (exact) mass is 296 g/mol. The van der Waals surface area contributed by atoms with Crippen molar-refractivity contribution in [1.82, 2.24) is 5.32 Å². The van der Waals surface area contributed by atoms with Gasteiger partial charge in [-0.3, -0.25) is 5.73 Å². The van der Waals surface area contributed by atoms with Gasteiger partial charge >= 0.3 is 11.7 Å². The third-order valence-corrected chi connectivity index (χ3v) is 2.50. The molecule has 0 saturated carbocycles. The fourth-order valence-electron chi connectivity index (χ4n) is 1.50. The minimum atomic E-state index is -0.403. The molecule has 0 radical (unpaired) electrons. The predicted molar refractivity (Wildman–Crippen MR) is 78.1 cm³/mol. The summed E-state index contributed by atoms with van der Waals surface area (Å²) in [5.74, 6) is 0.280. The quantitative estimate of drug-likeness (QED) is 0.263. The van der Waals surface area contributed by atoms with Crippen LogP contribution in [0.4, 0.5) is 0 Å². The summed E-state index contributed by atoms with van der Waals surface area (Å²) in [6, 6.07) is 4.25. The van der Waals surface area contributed by atoms with E-state index in [9.17, 15) is 9.90 Å². The van der Waals surface area contributed by atoms with Crippen molar-refractivity contribution in [2.75, 3.05) is 13.7 Å². The van der Waals surface area contributed by atoms with Crippen molar-refractivity contribution in [3.63, 3.8) is 0 Å². The van der Waals surface area contributed by atoms with Crippen molar-refractivity contribution in [3.8, 4) is 11.5 Å². The first-order valence-electron chi connectivity index (χ1n) is 6.45. The first-order valence-corrected chi connectivity index (χ1v) is 6.45. The maximum absolute atomic E-state index is 12.0. The Morgan fingerprint density at radius 1 is 1.57 bits per heavy atom. The number of carbonyl (C=O) groups is 1. The highest BCUT2D eigenvalue weighted by Gasteiger charge is 2.16. The number of carbonyl (C=O) groups excluding carboxylic acids is 1. The lowest BCUT2D eigenvalue weighted by atomic mass is 10.2. The molecule has 1 aromatic carbocycles. The maximum atomic E-state index is 12.0. The summed E-state index contributed by atoms with van der Waals surface area (Å²) >= 11 is 0. The zero-order valence-electron chi connectivity index (χ0n) is 12.1. The van der Waals surface area contributed by atoms with Gasteiger partial charge in [0.25, 0.3) is 0 Å². The van der Waals surface area contributed by atoms with Gasteiger partial charge in [-0.15, -0.1) is 4.99 Å². The fraction of sp³-hybridized carbons (Fsp3) is 0.286. The van der Waals surface area contributed by atoms with E-state index < -0.39 is 5.91 Å². The van der Waals surface area contributed by atoms with Gasteiger partial charge in [-0.2, -0.15) is 0 Å². The number of amidine groups is 1. The van der Waals surface area contributed by atoms with E-state index in [-0.39, 0.29) is 24.0 Å². The summed E-state index contributed by atoms with van der Waals surface area (Å²) in [5.41, 5.74) is 3.94. The van der Waals surface area contributed by atoms with Gasteiger partial charge in [0, 0.05) is 19.3 Å². The third-order valence-electron chi connectivity index (χ3n) is 2.50. The molecule has 1 amide bonds. The molecular weight excluding hydrogens is 274 g/mol. The van der Waals surface area contributed by atoms with Crippen molar-refractivity contribution in [1.29, 1.82) is 0 Å². The molecule has 0 aliphatic heterocycles. The number of phenolic OH excluding ortho intramolecular Hbond substituents is 1. The van der Waals surface area contributed by atoms with Gasteiger partial charge in [0.05, 0.1) is 11.6 Å². The van der Waals surface area contributed by atoms with Crippen LogP contribution in [0.3, 0.4) is 0 Å². The third kappa shape index (κ3) is 5.64. The van der Waals surface area contributed by atoms with E-state index in [1.165, 1.54) is 18.2 Å². The number of amides is 1. The van der Waals surface area contributed by atoms with Gasteiger partial charge in [-0.1, -0.05) is 0 Å². The van der Waals surface area contributed by atoms with E-state index in [0.29, 0.717) is 11.6 Å². The number of hydrogen-bond acceptors (Lipinski definition) is 4. The number of rotatable bonds is 6. The Hall–Kier alpha value is -2.38. The van der Waals surface area contributed by atoms with Gasteiger partial charge in [-0.25, -0.2) is 4.79 Å². The summed E-state index contributed by atoms with van der Waals surface area (Å²) in [7, 11) is 1.73. The van der Waals surface area contributed by atoms with E-state index in [2.05, 4.69) is 16.0 Å². The minimum Gasteiger partial charge on any atom is -0.508 e. The highest BCUT2D eigenvalue weighted by Crippen LogP contribution is 2.22. The van der Waals surface area contributed by atoms with Crippen LogP contribution < -0.4 is 20.8 Å². The molecule has 21 heavy (non-hydrogen) atoms. The van der Waals surface area contributed by atoms with Crippen molar-refractivity contribution < 1.29 is 30.5 Å². The van der Waals surface area contributed by atoms with Gasteiger partial charge in [0.15, 0.2) is 12.7 Å². The Labute approximate surface area is 122 Å². The van der Waals surface area contributed by atoms with Crippen LogP contribution >= 0.6 is 0 Å². The Kier molecular flexibility index (Phi) is 6.38. The van der Waals surface area contributed by atoms with Crippen LogP contribution in [0, 0.1) is 0 Å². The van der Waals surface area contributed by atoms with Crippen LogP contribution in [-0.2, 0) is 0 Å². The van der Waals surface area contributed by atoms with Crippen LogP contribution in [0.15, 0.2) is 30.5 Å². The number of phenols is 1. The molecule has 0 aliphatic rings. The molecular formula is C14H22N3O4+3. The zero-order chi connectivity index (χ0) is 15.8. The second kappa shape index (κ2) is 8.03. The highest BCUT2D eigenvalue weighted by molar-refractivity contribution is 5.92. The molecule has 0 unspecified atom stereocenters. The summed E-state index contributed by atoms with van der Waals surface area (Å²) in [4.78, 5) is 14.6. The normalized spacial score (nSPS) is 13.2. The molecule has 1 aromatic rings. The number of aromatic hydroxyl groups is 1. The predicted octanol–water partition coefficient (Wildman–Crippen LogP) is -2.52. The van der Waals surface area contributed by atoms with Gasteiger partial charge < -0.3 is 20.3 Å². The number of quaternary nitrogens is 1. The summed E-state index contributed by atoms with van der Waals surface area (Å²) in [6.45, 7) is 1.82. The molecule has 1 rings (SSSR count). The van der Waals surface area contributed by atoms with Crippen molar-refractivity contribution in [2.45, 2.75) is 13.0 Å². The number of nitrogens with one attached hydrogen (secondary N) is 2. The number of ether oxygens (including phenoxy) is 1. The number of benzene rings is 1. The van der Waals surface area contributed by atoms with Crippen molar-refractivity contribution >= 4 is 11.7 Å². The van der Waals surface area contributed by atoms with E-state index in [1.54, 1.807) is 26.2 Å². The summed E-state index contributed by atoms with van der Waals surface area (Å²) < 4.78 is 5.43. The molecule has 114 valence electrons. The minimum absolute atomic E-state index is 0.0776.